The van der Waals surface area contributed by atoms with Crippen LogP contribution >= 0.6 is 0 Å². The minimum absolute atomic E-state index is 0.211. The van der Waals surface area contributed by atoms with Gasteiger partial charge in [-0.3, -0.25) is 0 Å². The van der Waals surface area contributed by atoms with E-state index in [9.17, 15) is 5.11 Å². The van der Waals surface area contributed by atoms with Gasteiger partial charge in [0.05, 0.1) is 6.10 Å². The Morgan fingerprint density at radius 3 is 2.67 bits per heavy atom. The summed E-state index contributed by atoms with van der Waals surface area (Å²) in [5.74, 6) is 3.04. The molecule has 0 bridgehead atoms. The van der Waals surface area contributed by atoms with Crippen LogP contribution in [0.5, 0.6) is 5.75 Å². The zero-order chi connectivity index (χ0) is 21.1. The Labute approximate surface area is 181 Å². The van der Waals surface area contributed by atoms with Crippen molar-refractivity contribution in [2.75, 3.05) is 34.4 Å². The molecule has 5 nitrogen and oxygen atoms in total. The van der Waals surface area contributed by atoms with Crippen LogP contribution in [0.3, 0.4) is 0 Å². The molecule has 4 rings (SSSR count). The molecular weight excluding hydrogens is 380 g/mol. The minimum atomic E-state index is 0.211. The molecule has 0 heterocycles. The molecule has 5 heteroatoms. The second-order valence-corrected chi connectivity index (χ2v) is 9.59. The number of fused-ring (bicyclic) bond motifs is 5. The fraction of sp³-hybridized carbons (Fsp3) is 0.760. The Morgan fingerprint density at radius 2 is 1.90 bits per heavy atom. The van der Waals surface area contributed by atoms with Crippen LogP contribution in [0, 0.1) is 17.3 Å². The summed E-state index contributed by atoms with van der Waals surface area (Å²) >= 11 is 0. The van der Waals surface area contributed by atoms with E-state index in [1.165, 1.54) is 42.4 Å². The molecular formula is C25H38O5. The van der Waals surface area contributed by atoms with Crippen LogP contribution in [0.1, 0.15) is 68.1 Å². The van der Waals surface area contributed by atoms with Crippen LogP contribution in [0.4, 0.5) is 0 Å². The third-order valence-corrected chi connectivity index (χ3v) is 8.21. The van der Waals surface area contributed by atoms with Crippen molar-refractivity contribution in [3.8, 4) is 5.75 Å². The first-order valence-electron chi connectivity index (χ1n) is 11.6. The molecule has 3 aliphatic carbocycles. The molecule has 0 amide bonds. The maximum atomic E-state index is 9.42. The Bertz CT molecular complexity index is 720. The van der Waals surface area contributed by atoms with Gasteiger partial charge in [0.15, 0.2) is 6.79 Å². The quantitative estimate of drug-likeness (QED) is 0.601. The highest BCUT2D eigenvalue weighted by Crippen LogP contribution is 2.61. The first-order chi connectivity index (χ1) is 14.6. The summed E-state index contributed by atoms with van der Waals surface area (Å²) in [6.45, 7) is 3.34. The standard InChI is InChI=1S/C25H38O5/c1-25-13-12-19-17-8-10-23(29-15-27-2)21(5-4-14-26)18(17)6-7-20(19)22(25)9-11-24(25)30-16-28-3/h8,10,19-20,22,24,26H,4-7,9,11-16H2,1-3H3/t19-,20-,22+,24+,25+/m1/s1. The largest absolute Gasteiger partial charge is 0.467 e. The minimum Gasteiger partial charge on any atom is -0.467 e. The van der Waals surface area contributed by atoms with Crippen molar-refractivity contribution in [1.82, 2.24) is 0 Å². The van der Waals surface area contributed by atoms with E-state index in [4.69, 9.17) is 18.9 Å². The molecule has 0 aliphatic heterocycles. The normalized spacial score (nSPS) is 32.4. The van der Waals surface area contributed by atoms with E-state index < -0.39 is 0 Å². The number of benzene rings is 1. The van der Waals surface area contributed by atoms with Crippen LogP contribution in [0.2, 0.25) is 0 Å². The van der Waals surface area contributed by atoms with E-state index in [1.54, 1.807) is 14.2 Å². The molecule has 2 fully saturated rings. The Hall–Kier alpha value is -1.14. The van der Waals surface area contributed by atoms with Gasteiger partial charge < -0.3 is 24.1 Å². The van der Waals surface area contributed by atoms with Crippen molar-refractivity contribution in [1.29, 1.82) is 0 Å². The molecule has 0 spiro atoms. The second-order valence-electron chi connectivity index (χ2n) is 9.59. The van der Waals surface area contributed by atoms with E-state index >= 15 is 0 Å². The monoisotopic (exact) mass is 418 g/mol. The smallest absolute Gasteiger partial charge is 0.188 e. The Balaban J connectivity index is 1.60. The van der Waals surface area contributed by atoms with Gasteiger partial charge in [-0.2, -0.15) is 0 Å². The molecule has 2 saturated carbocycles. The van der Waals surface area contributed by atoms with E-state index in [0.717, 1.165) is 43.3 Å². The van der Waals surface area contributed by atoms with Crippen LogP contribution in [0.25, 0.3) is 0 Å². The molecule has 0 saturated heterocycles. The molecule has 0 unspecified atom stereocenters. The molecule has 1 N–H and O–H groups in total. The maximum Gasteiger partial charge on any atom is 0.188 e. The predicted octanol–water partition coefficient (Wildman–Crippen LogP) is 4.44. The molecule has 3 aliphatic rings. The van der Waals surface area contributed by atoms with Crippen molar-refractivity contribution >= 4 is 0 Å². The molecule has 168 valence electrons. The van der Waals surface area contributed by atoms with Crippen LogP contribution < -0.4 is 4.74 Å². The van der Waals surface area contributed by atoms with Crippen molar-refractivity contribution < 1.29 is 24.1 Å². The fourth-order valence-electron chi connectivity index (χ4n) is 6.88. The number of methoxy groups -OCH3 is 2. The predicted molar refractivity (Wildman–Crippen MR) is 116 cm³/mol. The van der Waals surface area contributed by atoms with Gasteiger partial charge in [-0.25, -0.2) is 0 Å². The average molecular weight is 419 g/mol. The molecule has 0 radical (unpaired) electrons. The highest BCUT2D eigenvalue weighted by molar-refractivity contribution is 5.48. The summed E-state index contributed by atoms with van der Waals surface area (Å²) in [6.07, 6.45) is 9.20. The van der Waals surface area contributed by atoms with Gasteiger partial charge in [-0.05, 0) is 97.3 Å². The Morgan fingerprint density at radius 1 is 1.07 bits per heavy atom. The third-order valence-electron chi connectivity index (χ3n) is 8.21. The van der Waals surface area contributed by atoms with Crippen molar-refractivity contribution in [3.05, 3.63) is 28.8 Å². The molecule has 1 aromatic rings. The number of aliphatic hydroxyl groups excluding tert-OH is 1. The van der Waals surface area contributed by atoms with Crippen LogP contribution in [-0.2, 0) is 27.1 Å². The van der Waals surface area contributed by atoms with E-state index in [0.29, 0.717) is 18.8 Å². The van der Waals surface area contributed by atoms with Gasteiger partial charge in [0.2, 0.25) is 0 Å². The number of aliphatic hydroxyl groups is 1. The van der Waals surface area contributed by atoms with Gasteiger partial charge in [0.1, 0.15) is 12.5 Å². The molecule has 30 heavy (non-hydrogen) atoms. The number of hydrogen-bond acceptors (Lipinski definition) is 5. The zero-order valence-electron chi connectivity index (χ0n) is 18.8. The average Bonchev–Trinajstić information content (AvgIpc) is 3.10. The Kier molecular flexibility index (Phi) is 7.03. The van der Waals surface area contributed by atoms with E-state index in [1.807, 2.05) is 0 Å². The van der Waals surface area contributed by atoms with Gasteiger partial charge in [-0.15, -0.1) is 0 Å². The first kappa shape index (κ1) is 22.1. The molecule has 1 aromatic carbocycles. The van der Waals surface area contributed by atoms with Gasteiger partial charge >= 0.3 is 0 Å². The van der Waals surface area contributed by atoms with Crippen LogP contribution in [0.15, 0.2) is 12.1 Å². The zero-order valence-corrected chi connectivity index (χ0v) is 18.8. The maximum absolute atomic E-state index is 9.42. The number of rotatable bonds is 9. The summed E-state index contributed by atoms with van der Waals surface area (Å²) in [4.78, 5) is 0. The lowest BCUT2D eigenvalue weighted by atomic mass is 9.55. The first-order valence-corrected chi connectivity index (χ1v) is 11.6. The number of ether oxygens (including phenoxy) is 4. The van der Waals surface area contributed by atoms with Gasteiger partial charge in [0, 0.05) is 20.8 Å². The highest BCUT2D eigenvalue weighted by atomic mass is 16.7. The third kappa shape index (κ3) is 3.90. The van der Waals surface area contributed by atoms with Crippen molar-refractivity contribution in [2.24, 2.45) is 17.3 Å². The van der Waals surface area contributed by atoms with E-state index in [-0.39, 0.29) is 18.8 Å². The number of hydrogen-bond donors (Lipinski definition) is 1. The summed E-state index contributed by atoms with van der Waals surface area (Å²) < 4.78 is 22.4. The van der Waals surface area contributed by atoms with Crippen LogP contribution in [-0.4, -0.2) is 45.6 Å². The highest BCUT2D eigenvalue weighted by Gasteiger charge is 2.55. The van der Waals surface area contributed by atoms with Gasteiger partial charge in [-0.1, -0.05) is 13.0 Å². The lowest BCUT2D eigenvalue weighted by Gasteiger charge is -2.51. The lowest BCUT2D eigenvalue weighted by molar-refractivity contribution is -0.125. The van der Waals surface area contributed by atoms with Crippen molar-refractivity contribution in [3.63, 3.8) is 0 Å². The summed E-state index contributed by atoms with van der Waals surface area (Å²) in [5, 5.41) is 9.42. The molecule has 5 atom stereocenters. The van der Waals surface area contributed by atoms with Crippen molar-refractivity contribution in [2.45, 2.75) is 70.3 Å². The van der Waals surface area contributed by atoms with Gasteiger partial charge in [0.25, 0.3) is 0 Å². The summed E-state index contributed by atoms with van der Waals surface area (Å²) in [6, 6.07) is 4.45. The van der Waals surface area contributed by atoms with E-state index in [2.05, 4.69) is 19.1 Å². The summed E-state index contributed by atoms with van der Waals surface area (Å²) in [7, 11) is 3.36. The lowest BCUT2D eigenvalue weighted by Crippen LogP contribution is -2.45. The summed E-state index contributed by atoms with van der Waals surface area (Å²) in [5.41, 5.74) is 4.58. The molecule has 0 aromatic heterocycles. The SMILES string of the molecule is COCOc1ccc2c(c1CCCO)CC[C@@H]1[C@@H]2CC[C@]2(C)[C@@H](OCOC)CC[C@@H]12. The topological polar surface area (TPSA) is 57.2 Å². The second kappa shape index (κ2) is 9.56. The fourth-order valence-corrected chi connectivity index (χ4v) is 6.88.